The maximum Gasteiger partial charge on any atom is 0.251 e. The maximum atomic E-state index is 12.7. The Bertz CT molecular complexity index is 1220. The number of nitrogens with one attached hydrogen (secondary N) is 3. The first-order valence-corrected chi connectivity index (χ1v) is 17.9. The number of anilines is 1. The van der Waals surface area contributed by atoms with Crippen molar-refractivity contribution in [1.82, 2.24) is 16.0 Å². The molecule has 0 radical (unpaired) electrons. The predicted molar refractivity (Wildman–Crippen MR) is 175 cm³/mol. The van der Waals surface area contributed by atoms with Gasteiger partial charge in [-0.15, -0.1) is 0 Å². The average Bonchev–Trinajstić information content (AvgIpc) is 3.04. The van der Waals surface area contributed by atoms with Crippen molar-refractivity contribution >= 4 is 45.1 Å². The Balaban J connectivity index is 1.62. The number of carbonyl (C=O) groups excluding carboxylic acids is 3. The lowest BCUT2D eigenvalue weighted by atomic mass is 9.97. The zero-order valence-electron chi connectivity index (χ0n) is 27.1. The number of rotatable bonds is 22. The first-order valence-electron chi connectivity index (χ1n) is 15.1. The van der Waals surface area contributed by atoms with Crippen molar-refractivity contribution in [2.45, 2.75) is 50.5 Å². The topological polar surface area (TPSA) is 222 Å². The first kappa shape index (κ1) is 40.8. The molecule has 1 saturated heterocycles. The van der Waals surface area contributed by atoms with Crippen LogP contribution >= 0.6 is 11.8 Å². The van der Waals surface area contributed by atoms with Crippen LogP contribution in [-0.2, 0) is 38.6 Å². The fraction of sp³-hybridized carbons (Fsp3) is 0.690. The largest absolute Gasteiger partial charge is 0.394 e. The van der Waals surface area contributed by atoms with E-state index in [-0.39, 0.29) is 63.1 Å². The number of hydrogen-bond acceptors (Lipinski definition) is 14. The minimum Gasteiger partial charge on any atom is -0.394 e. The van der Waals surface area contributed by atoms with Crippen molar-refractivity contribution in [3.05, 3.63) is 29.8 Å². The molecule has 1 aliphatic heterocycles. The Morgan fingerprint density at radius 3 is 2.26 bits per heavy atom. The summed E-state index contributed by atoms with van der Waals surface area (Å²) in [5, 5.41) is 37.8. The van der Waals surface area contributed by atoms with Crippen LogP contribution in [0.1, 0.15) is 24.2 Å². The summed E-state index contributed by atoms with van der Waals surface area (Å²) in [5.74, 6) is -0.0719. The van der Waals surface area contributed by atoms with Crippen LogP contribution in [-0.4, -0.2) is 156 Å². The van der Waals surface area contributed by atoms with Crippen molar-refractivity contribution < 1.29 is 57.1 Å². The summed E-state index contributed by atoms with van der Waals surface area (Å²) >= 11 is 1.38. The molecule has 1 aliphatic rings. The molecule has 16 nitrogen and oxygen atoms in total. The van der Waals surface area contributed by atoms with Gasteiger partial charge in [0.15, 0.2) is 6.29 Å². The summed E-state index contributed by atoms with van der Waals surface area (Å²) in [4.78, 5) is 35.4. The van der Waals surface area contributed by atoms with Gasteiger partial charge in [0.2, 0.25) is 15.9 Å². The van der Waals surface area contributed by atoms with E-state index in [9.17, 15) is 38.1 Å². The predicted octanol–water partition coefficient (Wildman–Crippen LogP) is -1.91. The molecule has 0 spiro atoms. The van der Waals surface area contributed by atoms with Crippen molar-refractivity contribution in [2.75, 3.05) is 81.8 Å². The molecular weight excluding hydrogens is 660 g/mol. The third-order valence-electron chi connectivity index (χ3n) is 7.18. The number of benzene rings is 1. The molecular formula is C29H48N4O12S2. The van der Waals surface area contributed by atoms with Crippen molar-refractivity contribution in [2.24, 2.45) is 0 Å². The number of hydrogen-bond donors (Lipinski definition) is 6. The number of Topliss-reactive ketones (excluding diaryl/α,β-unsaturated/α-hetero) is 1. The lowest BCUT2D eigenvalue weighted by Gasteiger charge is -2.42. The van der Waals surface area contributed by atoms with Crippen molar-refractivity contribution in [1.29, 1.82) is 0 Å². The Kier molecular flexibility index (Phi) is 18.1. The van der Waals surface area contributed by atoms with E-state index in [1.54, 1.807) is 19.2 Å². The number of nitrogens with zero attached hydrogens (tertiary/aromatic N) is 1. The number of likely N-dealkylation sites (N-methyl/N-ethyl adjacent to an activating group) is 1. The van der Waals surface area contributed by atoms with Crippen LogP contribution in [0.3, 0.4) is 0 Å². The van der Waals surface area contributed by atoms with E-state index < -0.39 is 53.2 Å². The van der Waals surface area contributed by atoms with E-state index in [1.807, 2.05) is 0 Å². The van der Waals surface area contributed by atoms with Gasteiger partial charge in [0.25, 0.3) is 5.91 Å². The number of aliphatic hydroxyl groups excluding tert-OH is 3. The van der Waals surface area contributed by atoms with Crippen LogP contribution in [0.2, 0.25) is 0 Å². The fourth-order valence-corrected chi connectivity index (χ4v) is 7.22. The third kappa shape index (κ3) is 13.6. The van der Waals surface area contributed by atoms with Gasteiger partial charge in [-0.25, -0.2) is 8.42 Å². The minimum absolute atomic E-state index is 0.00193. The molecule has 1 aromatic rings. The quantitative estimate of drug-likeness (QED) is 0.0724. The van der Waals surface area contributed by atoms with Gasteiger partial charge in [0.05, 0.1) is 57.1 Å². The zero-order chi connectivity index (χ0) is 35.0. The summed E-state index contributed by atoms with van der Waals surface area (Å²) in [6, 6.07) is 4.84. The normalized spacial score (nSPS) is 22.0. The molecule has 0 bridgehead atoms. The van der Waals surface area contributed by atoms with Crippen LogP contribution in [0.15, 0.2) is 24.3 Å². The zero-order valence-corrected chi connectivity index (χ0v) is 28.8. The molecule has 6 atom stereocenters. The Morgan fingerprint density at radius 2 is 1.66 bits per heavy atom. The molecule has 0 saturated carbocycles. The molecule has 1 aromatic carbocycles. The third-order valence-corrected chi connectivity index (χ3v) is 10.3. The van der Waals surface area contributed by atoms with E-state index >= 15 is 0 Å². The van der Waals surface area contributed by atoms with Crippen LogP contribution in [0, 0.1) is 0 Å². The summed E-state index contributed by atoms with van der Waals surface area (Å²) in [7, 11) is -0.452. The van der Waals surface area contributed by atoms with Gasteiger partial charge >= 0.3 is 0 Å². The van der Waals surface area contributed by atoms with Gasteiger partial charge in [-0.3, -0.25) is 18.7 Å². The number of sulfonamides is 1. The average molecular weight is 709 g/mol. The second kappa shape index (κ2) is 20.9. The molecule has 18 heteroatoms. The van der Waals surface area contributed by atoms with E-state index in [2.05, 4.69) is 16.0 Å². The Morgan fingerprint density at radius 1 is 1.02 bits per heavy atom. The van der Waals surface area contributed by atoms with E-state index in [0.29, 0.717) is 22.8 Å². The first-order chi connectivity index (χ1) is 22.3. The molecule has 1 heterocycles. The molecule has 6 N–H and O–H groups in total. The standard InChI is InChI=1S/C29H48N4O12S2/c1-19(35)23(30-3)18-46-15-16-47(40,41)33(4)22-7-5-21(6-8-22)28(39)31-9-10-42-11-12-43-13-14-44-29-25(32-20(2)36)27(38)26(37)24(17-34)45-29/h5-8,23-27,29-30,34,37-38H,9-18H2,1-4H3,(H,31,39)(H,32,36)/t23?,24?,25?,26-,27?,29+/m0/s1. The lowest BCUT2D eigenvalue weighted by Crippen LogP contribution is -2.64. The lowest BCUT2D eigenvalue weighted by molar-refractivity contribution is -0.272. The van der Waals surface area contributed by atoms with Crippen LogP contribution in [0.4, 0.5) is 5.69 Å². The highest BCUT2D eigenvalue weighted by molar-refractivity contribution is 8.00. The van der Waals surface area contributed by atoms with E-state index in [0.717, 1.165) is 0 Å². The highest BCUT2D eigenvalue weighted by Crippen LogP contribution is 2.22. The summed E-state index contributed by atoms with van der Waals surface area (Å²) in [6.07, 6.45) is -4.97. The molecule has 2 amide bonds. The number of thioether (sulfide) groups is 1. The number of carbonyl (C=O) groups is 3. The maximum absolute atomic E-state index is 12.7. The van der Waals surface area contributed by atoms with E-state index in [1.165, 1.54) is 49.1 Å². The monoisotopic (exact) mass is 708 g/mol. The molecule has 0 aliphatic carbocycles. The van der Waals surface area contributed by atoms with Gasteiger partial charge in [0.1, 0.15) is 30.1 Å². The number of ether oxygens (including phenoxy) is 4. The Hall–Kier alpha value is -2.39. The number of aliphatic hydroxyl groups is 3. The SMILES string of the molecule is CNC(CSCCS(=O)(=O)N(C)c1ccc(C(=O)NCCOCCOCCO[C@@H]2OC(CO)[C@H](O)C(O)C2NC(C)=O)cc1)C(C)=O. The van der Waals surface area contributed by atoms with Crippen molar-refractivity contribution in [3.63, 3.8) is 0 Å². The molecule has 4 unspecified atom stereocenters. The van der Waals surface area contributed by atoms with Gasteiger partial charge in [0, 0.05) is 37.6 Å². The molecule has 2 rings (SSSR count). The van der Waals surface area contributed by atoms with Crippen LogP contribution in [0.5, 0.6) is 0 Å². The highest BCUT2D eigenvalue weighted by atomic mass is 32.2. The van der Waals surface area contributed by atoms with Gasteiger partial charge < -0.3 is 50.2 Å². The molecule has 268 valence electrons. The second-order valence-electron chi connectivity index (χ2n) is 10.6. The summed E-state index contributed by atoms with van der Waals surface area (Å²) in [5.41, 5.74) is 0.775. The molecule has 47 heavy (non-hydrogen) atoms. The second-order valence-corrected chi connectivity index (χ2v) is 13.9. The minimum atomic E-state index is -3.59. The fourth-order valence-electron chi connectivity index (χ4n) is 4.39. The van der Waals surface area contributed by atoms with Crippen LogP contribution < -0.4 is 20.3 Å². The van der Waals surface area contributed by atoms with Gasteiger partial charge in [-0.05, 0) is 38.2 Å². The summed E-state index contributed by atoms with van der Waals surface area (Å²) < 4.78 is 48.6. The number of ketones is 1. The van der Waals surface area contributed by atoms with Crippen LogP contribution in [0.25, 0.3) is 0 Å². The van der Waals surface area contributed by atoms with Gasteiger partial charge in [-0.1, -0.05) is 0 Å². The smallest absolute Gasteiger partial charge is 0.251 e. The summed E-state index contributed by atoms with van der Waals surface area (Å²) in [6.45, 7) is 3.29. The Labute approximate surface area is 279 Å². The van der Waals surface area contributed by atoms with Gasteiger partial charge in [-0.2, -0.15) is 11.8 Å². The highest BCUT2D eigenvalue weighted by Gasteiger charge is 2.45. The van der Waals surface area contributed by atoms with Crippen molar-refractivity contribution in [3.8, 4) is 0 Å². The van der Waals surface area contributed by atoms with E-state index in [4.69, 9.17) is 18.9 Å². The number of amides is 2. The molecule has 0 aromatic heterocycles. The molecule has 1 fully saturated rings.